The Morgan fingerprint density at radius 1 is 0.613 bits per heavy atom. The van der Waals surface area contributed by atoms with Crippen molar-refractivity contribution in [3.05, 3.63) is 124 Å². The lowest BCUT2D eigenvalue weighted by atomic mass is 10.1. The maximum atomic E-state index is 11.3. The Hall–Kier alpha value is -4.24. The molecule has 31 heavy (non-hydrogen) atoms. The van der Waals surface area contributed by atoms with E-state index < -0.39 is 0 Å². The second-order valence-electron chi connectivity index (χ2n) is 7.36. The molecule has 3 aliphatic rings. The predicted octanol–water partition coefficient (Wildman–Crippen LogP) is 6.61. The van der Waals surface area contributed by atoms with Crippen LogP contribution in [0.1, 0.15) is 11.1 Å². The first-order valence-electron chi connectivity index (χ1n) is 10.2. The Balaban J connectivity index is 0.000000132. The topological polar surface area (TPSA) is 42.0 Å². The molecule has 0 saturated carbocycles. The zero-order valence-corrected chi connectivity index (χ0v) is 16.8. The quantitative estimate of drug-likeness (QED) is 0.312. The van der Waals surface area contributed by atoms with Crippen molar-refractivity contribution in [2.45, 2.75) is 0 Å². The van der Waals surface area contributed by atoms with Crippen molar-refractivity contribution >= 4 is 34.4 Å². The fourth-order valence-electron chi connectivity index (χ4n) is 3.64. The summed E-state index contributed by atoms with van der Waals surface area (Å²) in [5, 5.41) is 4.52. The van der Waals surface area contributed by atoms with Crippen molar-refractivity contribution in [3.8, 4) is 11.3 Å². The molecule has 3 nitrogen and oxygen atoms in total. The van der Waals surface area contributed by atoms with E-state index in [1.54, 1.807) is 18.2 Å². The number of benzene rings is 4. The van der Waals surface area contributed by atoms with Crippen LogP contribution in [0.5, 0.6) is 0 Å². The first kappa shape index (κ1) is 18.8. The van der Waals surface area contributed by atoms with E-state index in [2.05, 4.69) is 58.9 Å². The lowest BCUT2D eigenvalue weighted by Gasteiger charge is -2.08. The summed E-state index contributed by atoms with van der Waals surface area (Å²) in [6, 6.07) is 33.4. The molecule has 3 aromatic rings. The zero-order chi connectivity index (χ0) is 21.0. The van der Waals surface area contributed by atoms with Gasteiger partial charge < -0.3 is 5.32 Å². The SMILES string of the molecule is C1=Cc2ccccc2Nc2ccccc21.O=c1ccc2nc3ccccc3ccc-2c1. The molecule has 3 aromatic carbocycles. The van der Waals surface area contributed by atoms with Gasteiger partial charge in [-0.25, -0.2) is 4.98 Å². The third-order valence-corrected chi connectivity index (χ3v) is 5.25. The third kappa shape index (κ3) is 4.07. The molecule has 1 N–H and O–H groups in total. The molecule has 0 saturated heterocycles. The van der Waals surface area contributed by atoms with E-state index in [0.717, 1.165) is 22.2 Å². The Bertz CT molecular complexity index is 1390. The van der Waals surface area contributed by atoms with Gasteiger partial charge in [-0.2, -0.15) is 0 Å². The highest BCUT2D eigenvalue weighted by molar-refractivity contribution is 5.87. The molecular formula is C28H20N2O. The normalized spacial score (nSPS) is 11.5. The van der Waals surface area contributed by atoms with Gasteiger partial charge in [-0.05, 0) is 47.5 Å². The number of nitrogens with one attached hydrogen (secondary N) is 1. The average molecular weight is 400 g/mol. The standard InChI is InChI=1S/C14H9NO.C14H11N/c16-12-7-8-14-11(9-12)6-5-10-3-1-2-4-13(10)15-14;1-3-7-13-11(5-1)9-10-12-6-2-4-8-14(12)15-13/h1-9H;1-10,15H. The van der Waals surface area contributed by atoms with Gasteiger partial charge in [0.1, 0.15) is 0 Å². The minimum atomic E-state index is 0.0181. The maximum absolute atomic E-state index is 11.3. The van der Waals surface area contributed by atoms with Gasteiger partial charge in [-0.1, -0.05) is 78.9 Å². The van der Waals surface area contributed by atoms with Crippen LogP contribution in [0.3, 0.4) is 0 Å². The lowest BCUT2D eigenvalue weighted by molar-refractivity contribution is 1.40. The van der Waals surface area contributed by atoms with Crippen LogP contribution < -0.4 is 10.7 Å². The highest BCUT2D eigenvalue weighted by Crippen LogP contribution is 2.29. The smallest absolute Gasteiger partial charge is 0.179 e. The first-order valence-corrected chi connectivity index (χ1v) is 10.2. The second-order valence-corrected chi connectivity index (χ2v) is 7.36. The van der Waals surface area contributed by atoms with Crippen molar-refractivity contribution in [1.29, 1.82) is 0 Å². The van der Waals surface area contributed by atoms with E-state index in [1.165, 1.54) is 22.5 Å². The van der Waals surface area contributed by atoms with Gasteiger partial charge in [-0.3, -0.25) is 4.79 Å². The van der Waals surface area contributed by atoms with Gasteiger partial charge in [0.15, 0.2) is 5.43 Å². The summed E-state index contributed by atoms with van der Waals surface area (Å²) < 4.78 is 0. The van der Waals surface area contributed by atoms with E-state index in [0.29, 0.717) is 0 Å². The molecule has 0 unspecified atom stereocenters. The van der Waals surface area contributed by atoms with Gasteiger partial charge >= 0.3 is 0 Å². The average Bonchev–Trinajstić information content (AvgIpc) is 3.11. The van der Waals surface area contributed by atoms with Crippen molar-refractivity contribution in [1.82, 2.24) is 4.98 Å². The number of rotatable bonds is 0. The minimum Gasteiger partial charge on any atom is -0.355 e. The third-order valence-electron chi connectivity index (χ3n) is 5.25. The summed E-state index contributed by atoms with van der Waals surface area (Å²) >= 11 is 0. The van der Waals surface area contributed by atoms with Gasteiger partial charge in [0.25, 0.3) is 0 Å². The number of nitrogens with zero attached hydrogens (tertiary/aromatic N) is 1. The van der Waals surface area contributed by atoms with E-state index in [1.807, 2.05) is 48.5 Å². The number of aromatic nitrogens is 1. The molecule has 0 amide bonds. The maximum Gasteiger partial charge on any atom is 0.179 e. The number of para-hydroxylation sites is 3. The van der Waals surface area contributed by atoms with Crippen LogP contribution in [0.25, 0.3) is 34.3 Å². The first-order chi connectivity index (χ1) is 15.3. The molecule has 6 rings (SSSR count). The Morgan fingerprint density at radius 2 is 1.26 bits per heavy atom. The fraction of sp³-hybridized carbons (Fsp3) is 0. The van der Waals surface area contributed by atoms with Crippen molar-refractivity contribution < 1.29 is 0 Å². The zero-order valence-electron chi connectivity index (χ0n) is 16.8. The predicted molar refractivity (Wildman–Crippen MR) is 130 cm³/mol. The fourth-order valence-corrected chi connectivity index (χ4v) is 3.64. The molecule has 3 heteroatoms. The van der Waals surface area contributed by atoms with Crippen molar-refractivity contribution in [3.63, 3.8) is 0 Å². The molecule has 148 valence electrons. The van der Waals surface area contributed by atoms with E-state index >= 15 is 0 Å². The van der Waals surface area contributed by atoms with E-state index in [9.17, 15) is 4.79 Å². The molecule has 0 atom stereocenters. The summed E-state index contributed by atoms with van der Waals surface area (Å²) in [5.74, 6) is 0. The number of hydrogen-bond donors (Lipinski definition) is 1. The summed E-state index contributed by atoms with van der Waals surface area (Å²) in [4.78, 5) is 15.8. The minimum absolute atomic E-state index is 0.0181. The number of anilines is 2. The molecule has 0 aromatic heterocycles. The van der Waals surface area contributed by atoms with E-state index in [-0.39, 0.29) is 5.43 Å². The van der Waals surface area contributed by atoms with Crippen LogP contribution >= 0.6 is 0 Å². The summed E-state index contributed by atoms with van der Waals surface area (Å²) in [5.41, 5.74) is 7.48. The number of fused-ring (bicyclic) bond motifs is 4. The summed E-state index contributed by atoms with van der Waals surface area (Å²) in [6.07, 6.45) is 4.29. The Kier molecular flexibility index (Phi) is 4.99. The highest BCUT2D eigenvalue weighted by Gasteiger charge is 2.06. The van der Waals surface area contributed by atoms with Crippen molar-refractivity contribution in [2.75, 3.05) is 5.32 Å². The second kappa shape index (κ2) is 8.25. The number of hydrogen-bond acceptors (Lipinski definition) is 3. The molecule has 2 aliphatic heterocycles. The van der Waals surface area contributed by atoms with Gasteiger partial charge in [0.2, 0.25) is 0 Å². The van der Waals surface area contributed by atoms with Gasteiger partial charge in [0, 0.05) is 22.3 Å². The van der Waals surface area contributed by atoms with Gasteiger partial charge in [-0.15, -0.1) is 0 Å². The Labute approximate surface area is 180 Å². The molecule has 0 bridgehead atoms. The molecule has 2 heterocycles. The molecule has 0 spiro atoms. The van der Waals surface area contributed by atoms with Crippen LogP contribution in [0, 0.1) is 0 Å². The van der Waals surface area contributed by atoms with Crippen LogP contribution in [0.4, 0.5) is 11.4 Å². The molecule has 1 aliphatic carbocycles. The van der Waals surface area contributed by atoms with Gasteiger partial charge in [0.05, 0.1) is 11.2 Å². The van der Waals surface area contributed by atoms with Crippen molar-refractivity contribution in [2.24, 2.45) is 0 Å². The van der Waals surface area contributed by atoms with E-state index in [4.69, 9.17) is 0 Å². The lowest BCUT2D eigenvalue weighted by Crippen LogP contribution is -1.96. The Morgan fingerprint density at radius 3 is 2.00 bits per heavy atom. The summed E-state index contributed by atoms with van der Waals surface area (Å²) in [6.45, 7) is 0. The van der Waals surface area contributed by atoms with Crippen LogP contribution in [0.15, 0.2) is 108 Å². The van der Waals surface area contributed by atoms with Crippen LogP contribution in [0.2, 0.25) is 0 Å². The van der Waals surface area contributed by atoms with Crippen LogP contribution in [-0.4, -0.2) is 4.98 Å². The molecule has 0 radical (unpaired) electrons. The summed E-state index contributed by atoms with van der Waals surface area (Å²) in [7, 11) is 0. The monoisotopic (exact) mass is 400 g/mol. The highest BCUT2D eigenvalue weighted by atomic mass is 16.1. The largest absolute Gasteiger partial charge is 0.355 e. The van der Waals surface area contributed by atoms with Crippen LogP contribution in [-0.2, 0) is 0 Å². The molecular weight excluding hydrogens is 380 g/mol. The molecule has 0 fully saturated rings.